The number of nitrogens with two attached hydrogens (primary N) is 2. The van der Waals surface area contributed by atoms with Gasteiger partial charge in [-0.1, -0.05) is 13.8 Å². The number of benzene rings is 1. The number of carbonyl (C=O) groups is 2. The van der Waals surface area contributed by atoms with Crippen LogP contribution in [-0.4, -0.2) is 40.3 Å². The number of aromatic nitrogens is 2. The summed E-state index contributed by atoms with van der Waals surface area (Å²) in [6.45, 7) is 6.19. The first kappa shape index (κ1) is 23.2. The summed E-state index contributed by atoms with van der Waals surface area (Å²) in [7, 11) is 0. The zero-order chi connectivity index (χ0) is 23.9. The van der Waals surface area contributed by atoms with Gasteiger partial charge in [-0.25, -0.2) is 9.07 Å². The molecule has 8 nitrogen and oxygen atoms in total. The lowest BCUT2D eigenvalue weighted by Gasteiger charge is -2.30. The van der Waals surface area contributed by atoms with Crippen molar-refractivity contribution >= 4 is 17.6 Å². The third-order valence-electron chi connectivity index (χ3n) is 6.80. The van der Waals surface area contributed by atoms with Crippen molar-refractivity contribution in [1.82, 2.24) is 9.78 Å². The highest BCUT2D eigenvalue weighted by Gasteiger charge is 2.33. The van der Waals surface area contributed by atoms with Gasteiger partial charge in [-0.15, -0.1) is 0 Å². The van der Waals surface area contributed by atoms with Crippen molar-refractivity contribution in [2.24, 2.45) is 16.9 Å². The summed E-state index contributed by atoms with van der Waals surface area (Å²) in [5, 5.41) is 7.93. The van der Waals surface area contributed by atoms with E-state index in [1.54, 1.807) is 10.7 Å². The molecule has 1 heterocycles. The topological polar surface area (TPSA) is 125 Å². The highest BCUT2D eigenvalue weighted by Crippen LogP contribution is 2.38. The molecule has 2 atom stereocenters. The molecule has 0 unspecified atom stereocenters. The molecule has 9 heteroatoms. The number of ether oxygens (including phenoxy) is 1. The molecule has 2 aliphatic carbocycles. The minimum Gasteiger partial charge on any atom is -0.459 e. The molecule has 0 spiro atoms. The molecular formula is C24H32FN5O3. The fourth-order valence-electron chi connectivity index (χ4n) is 5.06. The normalized spacial score (nSPS) is 21.5. The summed E-state index contributed by atoms with van der Waals surface area (Å²) in [6.07, 6.45) is 4.61. The minimum atomic E-state index is -0.866. The van der Waals surface area contributed by atoms with Crippen molar-refractivity contribution in [3.05, 3.63) is 40.5 Å². The summed E-state index contributed by atoms with van der Waals surface area (Å²) in [5.74, 6) is -2.08. The Kier molecular flexibility index (Phi) is 6.18. The van der Waals surface area contributed by atoms with Crippen molar-refractivity contribution in [2.75, 3.05) is 11.9 Å². The van der Waals surface area contributed by atoms with Gasteiger partial charge in [0.2, 0.25) is 0 Å². The number of carbonyl (C=O) groups excluding carboxylic acids is 2. The van der Waals surface area contributed by atoms with E-state index in [0.29, 0.717) is 18.5 Å². The third kappa shape index (κ3) is 4.59. The van der Waals surface area contributed by atoms with Crippen LogP contribution in [0.3, 0.4) is 0 Å². The number of halogens is 1. The van der Waals surface area contributed by atoms with Gasteiger partial charge in [-0.2, -0.15) is 5.10 Å². The van der Waals surface area contributed by atoms with Crippen LogP contribution in [0.1, 0.15) is 66.8 Å². The second-order valence-corrected chi connectivity index (χ2v) is 9.89. The molecule has 2 aliphatic rings. The van der Waals surface area contributed by atoms with Crippen LogP contribution in [0, 0.1) is 18.2 Å². The van der Waals surface area contributed by atoms with Gasteiger partial charge in [-0.05, 0) is 62.5 Å². The maximum Gasteiger partial charge on any atom is 0.320 e. The number of anilines is 1. The van der Waals surface area contributed by atoms with Gasteiger partial charge in [0, 0.05) is 11.8 Å². The zero-order valence-electron chi connectivity index (χ0n) is 19.4. The summed E-state index contributed by atoms with van der Waals surface area (Å²) < 4.78 is 22.4. The molecule has 4 rings (SSSR count). The lowest BCUT2D eigenvalue weighted by Crippen LogP contribution is -2.35. The van der Waals surface area contributed by atoms with E-state index in [1.165, 1.54) is 11.6 Å². The van der Waals surface area contributed by atoms with Crippen LogP contribution in [0.15, 0.2) is 12.1 Å². The first-order valence-electron chi connectivity index (χ1n) is 11.5. The van der Waals surface area contributed by atoms with Crippen molar-refractivity contribution in [1.29, 1.82) is 0 Å². The molecule has 0 aliphatic heterocycles. The van der Waals surface area contributed by atoms with Gasteiger partial charge in [-0.3, -0.25) is 9.59 Å². The van der Waals surface area contributed by atoms with Crippen LogP contribution < -0.4 is 16.8 Å². The number of hydrogen-bond acceptors (Lipinski definition) is 6. The highest BCUT2D eigenvalue weighted by molar-refractivity contribution is 5.99. The SMILES string of the molecule is Cc1nn(-c2cc(F)c(C(N)=O)c(N[C@H]3CCC[C@@H]3OC(=O)CN)c2)c2c1CCC(C)(C)C2. The van der Waals surface area contributed by atoms with E-state index in [2.05, 4.69) is 19.2 Å². The molecule has 0 bridgehead atoms. The van der Waals surface area contributed by atoms with E-state index in [0.717, 1.165) is 37.1 Å². The van der Waals surface area contributed by atoms with Crippen LogP contribution in [0.2, 0.25) is 0 Å². The molecule has 5 N–H and O–H groups in total. The van der Waals surface area contributed by atoms with Crippen molar-refractivity contribution in [3.63, 3.8) is 0 Å². The van der Waals surface area contributed by atoms with Crippen LogP contribution in [0.4, 0.5) is 10.1 Å². The Bertz CT molecular complexity index is 1090. The smallest absolute Gasteiger partial charge is 0.320 e. The maximum absolute atomic E-state index is 15.2. The summed E-state index contributed by atoms with van der Waals surface area (Å²) >= 11 is 0. The van der Waals surface area contributed by atoms with Crippen molar-refractivity contribution in [2.45, 2.75) is 71.4 Å². The van der Waals surface area contributed by atoms with Crippen LogP contribution >= 0.6 is 0 Å². The maximum atomic E-state index is 15.2. The molecular weight excluding hydrogens is 425 g/mol. The Morgan fingerprint density at radius 1 is 1.33 bits per heavy atom. The molecule has 0 saturated heterocycles. The highest BCUT2D eigenvalue weighted by atomic mass is 19.1. The molecule has 1 fully saturated rings. The molecule has 1 aromatic carbocycles. The molecule has 2 aromatic rings. The summed E-state index contributed by atoms with van der Waals surface area (Å²) in [5.41, 5.74) is 14.8. The number of hydrogen-bond donors (Lipinski definition) is 3. The second kappa shape index (κ2) is 8.78. The van der Waals surface area contributed by atoms with E-state index in [1.807, 2.05) is 6.92 Å². The van der Waals surface area contributed by atoms with Crippen molar-refractivity contribution in [3.8, 4) is 5.69 Å². The number of aryl methyl sites for hydroxylation is 1. The standard InChI is InChI=1S/C24H32FN5O3/c1-13-15-7-8-24(2,3)11-19(15)30(29-13)14-9-16(25)22(23(27)32)18(10-14)28-17-5-4-6-20(17)33-21(31)12-26/h9-10,17,20,28H,4-8,11-12,26H2,1-3H3,(H2,27,32)/t17-,20-/m0/s1. The predicted molar refractivity (Wildman–Crippen MR) is 123 cm³/mol. The Morgan fingerprint density at radius 3 is 2.79 bits per heavy atom. The van der Waals surface area contributed by atoms with Crippen molar-refractivity contribution < 1.29 is 18.7 Å². The second-order valence-electron chi connectivity index (χ2n) is 9.89. The first-order valence-corrected chi connectivity index (χ1v) is 11.5. The number of rotatable bonds is 6. The molecule has 1 aromatic heterocycles. The fraction of sp³-hybridized carbons (Fsp3) is 0.542. The lowest BCUT2D eigenvalue weighted by atomic mass is 9.76. The Hall–Kier alpha value is -2.94. The Morgan fingerprint density at radius 2 is 2.09 bits per heavy atom. The lowest BCUT2D eigenvalue weighted by molar-refractivity contribution is -0.147. The molecule has 0 radical (unpaired) electrons. The average Bonchev–Trinajstić information content (AvgIpc) is 3.29. The first-order chi connectivity index (χ1) is 15.6. The monoisotopic (exact) mass is 457 g/mol. The number of fused-ring (bicyclic) bond motifs is 1. The van der Waals surface area contributed by atoms with E-state index in [9.17, 15) is 9.59 Å². The Labute approximate surface area is 192 Å². The van der Waals surface area contributed by atoms with Gasteiger partial charge < -0.3 is 21.5 Å². The van der Waals surface area contributed by atoms with E-state index in [4.69, 9.17) is 21.3 Å². The van der Waals surface area contributed by atoms with Gasteiger partial charge in [0.15, 0.2) is 0 Å². The van der Waals surface area contributed by atoms with Gasteiger partial charge >= 0.3 is 5.97 Å². The average molecular weight is 458 g/mol. The summed E-state index contributed by atoms with van der Waals surface area (Å²) in [6, 6.07) is 2.73. The quantitative estimate of drug-likeness (QED) is 0.573. The van der Waals surface area contributed by atoms with E-state index < -0.39 is 23.8 Å². The van der Waals surface area contributed by atoms with Crippen LogP contribution in [-0.2, 0) is 22.4 Å². The van der Waals surface area contributed by atoms with Gasteiger partial charge in [0.25, 0.3) is 5.91 Å². The van der Waals surface area contributed by atoms with Crippen LogP contribution in [0.25, 0.3) is 5.69 Å². The van der Waals surface area contributed by atoms with Crippen LogP contribution in [0.5, 0.6) is 0 Å². The van der Waals surface area contributed by atoms with E-state index in [-0.39, 0.29) is 29.3 Å². The largest absolute Gasteiger partial charge is 0.459 e. The number of nitrogens with one attached hydrogen (secondary N) is 1. The molecule has 178 valence electrons. The fourth-order valence-corrected chi connectivity index (χ4v) is 5.06. The number of primary amides is 1. The molecule has 1 amide bonds. The van der Waals surface area contributed by atoms with E-state index >= 15 is 4.39 Å². The minimum absolute atomic E-state index is 0.119. The molecule has 1 saturated carbocycles. The third-order valence-corrected chi connectivity index (χ3v) is 6.80. The zero-order valence-corrected chi connectivity index (χ0v) is 19.4. The Balaban J connectivity index is 1.73. The molecule has 33 heavy (non-hydrogen) atoms. The number of esters is 1. The number of amides is 1. The van der Waals surface area contributed by atoms with Gasteiger partial charge in [0.05, 0.1) is 35.2 Å². The summed E-state index contributed by atoms with van der Waals surface area (Å²) in [4.78, 5) is 23.8. The number of nitrogens with zero attached hydrogens (tertiary/aromatic N) is 2. The predicted octanol–water partition coefficient (Wildman–Crippen LogP) is 2.77. The van der Waals surface area contributed by atoms with Gasteiger partial charge in [0.1, 0.15) is 11.9 Å².